The van der Waals surface area contributed by atoms with Crippen molar-refractivity contribution < 1.29 is 78.6 Å². The van der Waals surface area contributed by atoms with Crippen molar-refractivity contribution in [2.24, 2.45) is 0 Å². The molecule has 0 saturated heterocycles. The van der Waals surface area contributed by atoms with E-state index in [9.17, 15) is 39.6 Å². The first kappa shape index (κ1) is 60.2. The van der Waals surface area contributed by atoms with Gasteiger partial charge < -0.3 is 39.6 Å². The number of carbonyl (C=O) groups is 4. The molecule has 0 bridgehead atoms. The molecule has 10 nitrogen and oxygen atoms in total. The van der Waals surface area contributed by atoms with Crippen LogP contribution >= 0.6 is 0 Å². The second-order valence-electron chi connectivity index (χ2n) is 14.7. The van der Waals surface area contributed by atoms with Crippen LogP contribution in [-0.2, 0) is 39.0 Å². The Morgan fingerprint density at radius 3 is 0.671 bits per heavy atom. The topological polar surface area (TPSA) is 186 Å². The Kier molecular flexibility index (Phi) is 29.7. The van der Waals surface area contributed by atoms with Crippen LogP contribution in [0.25, 0.3) is 24.3 Å². The normalized spacial score (nSPS) is 9.54. The van der Waals surface area contributed by atoms with E-state index < -0.39 is 23.9 Å². The number of carbonyl (C=O) groups excluding carboxylic acids is 4. The van der Waals surface area contributed by atoms with E-state index in [1.54, 1.807) is 73.3 Å². The molecule has 0 fully saturated rings. The van der Waals surface area contributed by atoms with Crippen molar-refractivity contribution in [3.05, 3.63) is 274 Å². The Balaban J connectivity index is 0.000000421. The maximum absolute atomic E-state index is 10.2. The smallest absolute Gasteiger partial charge is 0.545 e. The molecule has 0 N–H and O–H groups in total. The van der Waals surface area contributed by atoms with Gasteiger partial charge in [-0.1, -0.05) is 204 Å². The minimum atomic E-state index is -1.12. The first-order valence-electron chi connectivity index (χ1n) is 21.1. The van der Waals surface area contributed by atoms with Gasteiger partial charge in [-0.25, -0.2) is 0 Å². The molecule has 8 rings (SSSR count). The fourth-order valence-electron chi connectivity index (χ4n) is 5.22. The van der Waals surface area contributed by atoms with Crippen molar-refractivity contribution in [3.8, 4) is 0 Å². The molecule has 344 valence electrons. The number of rotatable bonds is 8. The van der Waals surface area contributed by atoms with Crippen LogP contribution in [0.1, 0.15) is 85.9 Å². The minimum Gasteiger partial charge on any atom is -0.545 e. The van der Waals surface area contributed by atoms with Gasteiger partial charge in [0.05, 0.1) is 23.9 Å². The van der Waals surface area contributed by atoms with E-state index >= 15 is 0 Å². The largest absolute Gasteiger partial charge is 2.00 e. The van der Waals surface area contributed by atoms with Gasteiger partial charge in [0, 0.05) is 24.8 Å². The number of hydrogen-bond donors (Lipinski definition) is 0. The third-order valence-corrected chi connectivity index (χ3v) is 9.10. The number of carboxylic acid groups (broad SMARTS) is 4. The number of nitrogens with zero attached hydrogens (tertiary/aromatic N) is 2. The van der Waals surface area contributed by atoms with Crippen molar-refractivity contribution in [2.75, 3.05) is 0 Å². The molecule has 0 spiro atoms. The molecule has 2 heterocycles. The average Bonchev–Trinajstić information content (AvgIpc) is 3.35. The molecule has 0 aliphatic heterocycles. The molecule has 2 aromatic heterocycles. The minimum absolute atomic E-state index is 0. The number of aryl methyl sites for hydroxylation is 4. The summed E-state index contributed by atoms with van der Waals surface area (Å²) < 4.78 is 0. The van der Waals surface area contributed by atoms with Gasteiger partial charge in [-0.05, 0) is 96.5 Å². The van der Waals surface area contributed by atoms with E-state index in [2.05, 4.69) is 58.5 Å². The molecule has 70 heavy (non-hydrogen) atoms. The van der Waals surface area contributed by atoms with Gasteiger partial charge in [0.2, 0.25) is 0 Å². The number of carboxylic acids is 4. The van der Waals surface area contributed by atoms with Gasteiger partial charge >= 0.3 is 39.0 Å². The zero-order valence-corrected chi connectivity index (χ0v) is 45.4. The molecule has 0 atom stereocenters. The summed E-state index contributed by atoms with van der Waals surface area (Å²) in [4.78, 5) is 48.7. The molecule has 6 aromatic carbocycles. The number of benzene rings is 6. The predicted octanol–water partition coefficient (Wildman–Crippen LogP) is 7.93. The maximum Gasteiger partial charge on any atom is 2.00 e. The van der Waals surface area contributed by atoms with Crippen LogP contribution in [-0.4, -0.2) is 33.8 Å². The van der Waals surface area contributed by atoms with E-state index in [0.717, 1.165) is 22.3 Å². The van der Waals surface area contributed by atoms with Crippen molar-refractivity contribution in [2.45, 2.75) is 27.7 Å². The van der Waals surface area contributed by atoms with Crippen molar-refractivity contribution >= 4 is 48.2 Å². The summed E-state index contributed by atoms with van der Waals surface area (Å²) in [6.45, 7) is 7.61. The quantitative estimate of drug-likeness (QED) is 0.135. The van der Waals surface area contributed by atoms with Crippen LogP contribution in [0.5, 0.6) is 0 Å². The number of pyridine rings is 2. The SMILES string of the molecule is C(=C\c1ccncc1)/c1ccccc1.C(=C\c1ccncc1)/c1ccccc1.Cc1ccc(C(=O)[O-])cc1.Cc1ccc(C(=O)[O-])cc1.Cc1ccc(C(=O)[O-])cc1.Cc1ccc(C(=O)[O-])cc1.[Zn+2].[Zn+2]. The summed E-state index contributed by atoms with van der Waals surface area (Å²) >= 11 is 0. The molecule has 0 radical (unpaired) electrons. The third kappa shape index (κ3) is 26.0. The van der Waals surface area contributed by atoms with Crippen LogP contribution in [0.3, 0.4) is 0 Å². The van der Waals surface area contributed by atoms with Gasteiger partial charge in [-0.3, -0.25) is 9.97 Å². The van der Waals surface area contributed by atoms with Gasteiger partial charge in [0.25, 0.3) is 0 Å². The summed E-state index contributed by atoms with van der Waals surface area (Å²) in [5.41, 5.74) is 9.86. The van der Waals surface area contributed by atoms with Gasteiger partial charge in [-0.2, -0.15) is 0 Å². The second-order valence-corrected chi connectivity index (χ2v) is 14.7. The van der Waals surface area contributed by atoms with Crippen LogP contribution in [0.15, 0.2) is 207 Å². The van der Waals surface area contributed by atoms with Gasteiger partial charge in [-0.15, -0.1) is 0 Å². The molecule has 0 saturated carbocycles. The average molecular weight is 1030 g/mol. The fraction of sp³-hybridized carbons (Fsp3) is 0.0690. The molecule has 0 amide bonds. The fourth-order valence-corrected chi connectivity index (χ4v) is 5.22. The maximum atomic E-state index is 10.2. The Labute approximate surface area is 435 Å². The van der Waals surface area contributed by atoms with E-state index in [4.69, 9.17) is 0 Å². The molecule has 8 aromatic rings. The van der Waals surface area contributed by atoms with Gasteiger partial charge in [0.15, 0.2) is 0 Å². The monoisotopic (exact) mass is 1030 g/mol. The first-order chi connectivity index (χ1) is 32.7. The third-order valence-electron chi connectivity index (χ3n) is 9.10. The van der Waals surface area contributed by atoms with E-state index in [-0.39, 0.29) is 61.2 Å². The Hall–Kier alpha value is -7.77. The molecular formula is C58H50N2O8Zn2. The molecule has 0 aliphatic carbocycles. The number of hydrogen-bond acceptors (Lipinski definition) is 10. The summed E-state index contributed by atoms with van der Waals surface area (Å²) in [5, 5.41) is 40.8. The molecule has 12 heteroatoms. The van der Waals surface area contributed by atoms with E-state index in [1.807, 2.05) is 88.4 Å². The van der Waals surface area contributed by atoms with Crippen LogP contribution in [0, 0.1) is 27.7 Å². The van der Waals surface area contributed by atoms with E-state index in [1.165, 1.54) is 70.8 Å². The van der Waals surface area contributed by atoms with E-state index in [0.29, 0.717) is 0 Å². The van der Waals surface area contributed by atoms with Crippen molar-refractivity contribution in [3.63, 3.8) is 0 Å². The Bertz CT molecular complexity index is 2380. The number of aromatic carboxylic acids is 4. The predicted molar refractivity (Wildman–Crippen MR) is 261 cm³/mol. The molecule has 0 aliphatic rings. The summed E-state index contributed by atoms with van der Waals surface area (Å²) in [6, 6.07) is 54.6. The first-order valence-corrected chi connectivity index (χ1v) is 21.1. The second kappa shape index (κ2) is 34.5. The molecular weight excluding hydrogens is 983 g/mol. The Morgan fingerprint density at radius 2 is 0.486 bits per heavy atom. The van der Waals surface area contributed by atoms with Crippen LogP contribution in [0.2, 0.25) is 0 Å². The zero-order valence-electron chi connectivity index (χ0n) is 39.5. The molecule has 0 unspecified atom stereocenters. The summed E-state index contributed by atoms with van der Waals surface area (Å²) in [6.07, 6.45) is 15.5. The standard InChI is InChI=1S/2C13H11N.4C8H8O2.2Zn/c2*1-2-4-12(5-3-1)6-7-13-8-10-14-11-9-13;4*1-6-2-4-7(5-3-6)8(9)10;;/h2*1-11H;4*2-5H,1H3,(H,9,10);;/q;;;;;;2*+2/p-4/b2*7-6+;;;;;;. The van der Waals surface area contributed by atoms with Crippen LogP contribution < -0.4 is 20.4 Å². The Morgan fingerprint density at radius 1 is 0.300 bits per heavy atom. The van der Waals surface area contributed by atoms with Crippen molar-refractivity contribution in [1.82, 2.24) is 9.97 Å². The summed E-state index contributed by atoms with van der Waals surface area (Å²) in [7, 11) is 0. The van der Waals surface area contributed by atoms with Crippen molar-refractivity contribution in [1.29, 1.82) is 0 Å². The zero-order chi connectivity index (χ0) is 49.5. The number of aromatic nitrogens is 2. The van der Waals surface area contributed by atoms with Gasteiger partial charge in [0.1, 0.15) is 0 Å². The summed E-state index contributed by atoms with van der Waals surface area (Å²) in [5.74, 6) is -4.50. The van der Waals surface area contributed by atoms with Crippen LogP contribution in [0.4, 0.5) is 0 Å².